The Balaban J connectivity index is 1.49. The van der Waals surface area contributed by atoms with Gasteiger partial charge in [-0.05, 0) is 29.6 Å². The van der Waals surface area contributed by atoms with Gasteiger partial charge < -0.3 is 9.73 Å². The van der Waals surface area contributed by atoms with Gasteiger partial charge >= 0.3 is 0 Å². The molecule has 0 saturated carbocycles. The summed E-state index contributed by atoms with van der Waals surface area (Å²) in [5.74, 6) is 0. The second-order valence-electron chi connectivity index (χ2n) is 4.45. The number of nitrogens with one attached hydrogen (secondary N) is 1. The van der Waals surface area contributed by atoms with Crippen molar-refractivity contribution in [1.82, 2.24) is 20.0 Å². The largest absolute Gasteiger partial charge is 0.424 e. The number of para-hydroxylation sites is 2. The first kappa shape index (κ1) is 12.1. The van der Waals surface area contributed by atoms with Gasteiger partial charge in [0, 0.05) is 0 Å². The third kappa shape index (κ3) is 2.38. The molecule has 0 saturated heterocycles. The lowest BCUT2D eigenvalue weighted by Gasteiger charge is -1.96. The molecule has 0 aliphatic carbocycles. The van der Waals surface area contributed by atoms with E-state index in [1.165, 1.54) is 0 Å². The van der Waals surface area contributed by atoms with Gasteiger partial charge in [0.1, 0.15) is 16.2 Å². The van der Waals surface area contributed by atoms with Crippen LogP contribution in [0.5, 0.6) is 0 Å². The van der Waals surface area contributed by atoms with Crippen molar-refractivity contribution in [3.05, 3.63) is 53.7 Å². The van der Waals surface area contributed by atoms with Crippen molar-refractivity contribution in [2.45, 2.75) is 6.54 Å². The lowest BCUT2D eigenvalue weighted by atomic mass is 10.3. The van der Waals surface area contributed by atoms with E-state index in [9.17, 15) is 0 Å². The van der Waals surface area contributed by atoms with Crippen LogP contribution < -0.4 is 5.32 Å². The molecular formula is C14H11N5OS. The van der Waals surface area contributed by atoms with E-state index < -0.39 is 0 Å². The molecule has 104 valence electrons. The minimum atomic E-state index is 0.488. The first-order valence-corrected chi connectivity index (χ1v) is 7.31. The summed E-state index contributed by atoms with van der Waals surface area (Å²) in [4.78, 5) is 4.35. The maximum absolute atomic E-state index is 5.59. The second kappa shape index (κ2) is 5.02. The molecule has 4 aromatic rings. The summed E-state index contributed by atoms with van der Waals surface area (Å²) in [7, 11) is 0. The molecule has 4 rings (SSSR count). The Morgan fingerprint density at radius 3 is 3.00 bits per heavy atom. The van der Waals surface area contributed by atoms with Crippen molar-refractivity contribution in [2.24, 2.45) is 0 Å². The Kier molecular flexibility index (Phi) is 2.89. The number of fused-ring (bicyclic) bond motifs is 1. The number of oxazole rings is 1. The number of hydrogen-bond acceptors (Lipinski definition) is 6. The summed E-state index contributed by atoms with van der Waals surface area (Å²) < 4.78 is 7.35. The Labute approximate surface area is 124 Å². The molecule has 0 aliphatic rings. The SMILES string of the molecule is c1csc(-n2cc(CNc3nc4ccccc4o3)nn2)c1. The third-order valence-electron chi connectivity index (χ3n) is 2.99. The fourth-order valence-electron chi connectivity index (χ4n) is 2.00. The smallest absolute Gasteiger partial charge is 0.296 e. The van der Waals surface area contributed by atoms with Gasteiger partial charge in [-0.25, -0.2) is 4.68 Å². The molecule has 0 amide bonds. The molecule has 0 atom stereocenters. The van der Waals surface area contributed by atoms with Crippen LogP contribution >= 0.6 is 11.3 Å². The van der Waals surface area contributed by atoms with E-state index in [2.05, 4.69) is 20.6 Å². The molecule has 6 nitrogen and oxygen atoms in total. The molecule has 0 fully saturated rings. The first-order chi connectivity index (χ1) is 10.4. The van der Waals surface area contributed by atoms with E-state index in [-0.39, 0.29) is 0 Å². The quantitative estimate of drug-likeness (QED) is 0.627. The van der Waals surface area contributed by atoms with Crippen LogP contribution in [-0.2, 0) is 6.54 Å². The van der Waals surface area contributed by atoms with Gasteiger partial charge in [-0.3, -0.25) is 0 Å². The maximum atomic E-state index is 5.59. The van der Waals surface area contributed by atoms with Crippen molar-refractivity contribution in [3.63, 3.8) is 0 Å². The van der Waals surface area contributed by atoms with Gasteiger partial charge in [-0.2, -0.15) is 4.98 Å². The highest BCUT2D eigenvalue weighted by Crippen LogP contribution is 2.18. The minimum absolute atomic E-state index is 0.488. The summed E-state index contributed by atoms with van der Waals surface area (Å²) in [5.41, 5.74) is 2.43. The molecule has 1 N–H and O–H groups in total. The van der Waals surface area contributed by atoms with Crippen molar-refractivity contribution < 1.29 is 4.42 Å². The highest BCUT2D eigenvalue weighted by atomic mass is 32.1. The van der Waals surface area contributed by atoms with Crippen molar-refractivity contribution >= 4 is 28.5 Å². The molecule has 0 unspecified atom stereocenters. The molecule has 21 heavy (non-hydrogen) atoms. The van der Waals surface area contributed by atoms with Crippen LogP contribution in [0, 0.1) is 0 Å². The van der Waals surface area contributed by atoms with Crippen LogP contribution in [0.4, 0.5) is 6.01 Å². The summed E-state index contributed by atoms with van der Waals surface area (Å²) in [5, 5.41) is 14.4. The van der Waals surface area contributed by atoms with Crippen molar-refractivity contribution in [2.75, 3.05) is 5.32 Å². The number of hydrogen-bond donors (Lipinski definition) is 1. The number of anilines is 1. The van der Waals surface area contributed by atoms with Crippen LogP contribution in [0.2, 0.25) is 0 Å². The van der Waals surface area contributed by atoms with Crippen LogP contribution in [0.1, 0.15) is 5.69 Å². The number of benzene rings is 1. The maximum Gasteiger partial charge on any atom is 0.296 e. The Morgan fingerprint density at radius 2 is 2.14 bits per heavy atom. The topological polar surface area (TPSA) is 68.8 Å². The van der Waals surface area contributed by atoms with Gasteiger partial charge in [-0.1, -0.05) is 17.3 Å². The number of thiophene rings is 1. The third-order valence-corrected chi connectivity index (χ3v) is 3.85. The van der Waals surface area contributed by atoms with Crippen LogP contribution in [-0.4, -0.2) is 20.0 Å². The van der Waals surface area contributed by atoms with E-state index in [1.807, 2.05) is 48.0 Å². The van der Waals surface area contributed by atoms with Gasteiger partial charge in [0.05, 0.1) is 12.7 Å². The molecular weight excluding hydrogens is 286 g/mol. The van der Waals surface area contributed by atoms with Gasteiger partial charge in [0.15, 0.2) is 5.58 Å². The fourth-order valence-corrected chi connectivity index (χ4v) is 2.65. The molecule has 0 aliphatic heterocycles. The highest BCUT2D eigenvalue weighted by Gasteiger charge is 2.07. The number of rotatable bonds is 4. The van der Waals surface area contributed by atoms with E-state index in [4.69, 9.17) is 4.42 Å². The molecule has 0 spiro atoms. The zero-order chi connectivity index (χ0) is 14.1. The average Bonchev–Trinajstić information content (AvgIpc) is 3.23. The Morgan fingerprint density at radius 1 is 1.19 bits per heavy atom. The van der Waals surface area contributed by atoms with Crippen LogP contribution in [0.15, 0.2) is 52.4 Å². The van der Waals surface area contributed by atoms with E-state index in [0.29, 0.717) is 12.6 Å². The Hall–Kier alpha value is -2.67. The fraction of sp³-hybridized carbons (Fsp3) is 0.0714. The zero-order valence-corrected chi connectivity index (χ0v) is 11.7. The van der Waals surface area contributed by atoms with Gasteiger partial charge in [0.25, 0.3) is 6.01 Å². The lowest BCUT2D eigenvalue weighted by molar-refractivity contribution is 0.613. The van der Waals surface area contributed by atoms with Gasteiger partial charge in [0.2, 0.25) is 0 Å². The van der Waals surface area contributed by atoms with Crippen molar-refractivity contribution in [3.8, 4) is 5.00 Å². The Bertz CT molecular complexity index is 831. The van der Waals surface area contributed by atoms with Crippen LogP contribution in [0.3, 0.4) is 0 Å². The summed E-state index contributed by atoms with van der Waals surface area (Å²) in [6, 6.07) is 12.1. The normalized spacial score (nSPS) is 11.0. The summed E-state index contributed by atoms with van der Waals surface area (Å²) in [6.07, 6.45) is 1.89. The predicted octanol–water partition coefficient (Wildman–Crippen LogP) is 3.08. The highest BCUT2D eigenvalue weighted by molar-refractivity contribution is 7.12. The van der Waals surface area contributed by atoms with Crippen LogP contribution in [0.25, 0.3) is 16.1 Å². The van der Waals surface area contributed by atoms with Crippen molar-refractivity contribution in [1.29, 1.82) is 0 Å². The molecule has 7 heteroatoms. The molecule has 3 aromatic heterocycles. The molecule has 3 heterocycles. The predicted molar refractivity (Wildman–Crippen MR) is 80.6 cm³/mol. The van der Waals surface area contributed by atoms with E-state index >= 15 is 0 Å². The standard InChI is InChI=1S/C14H11N5OS/c1-2-5-12-11(4-1)16-14(20-12)15-8-10-9-19(18-17-10)13-6-3-7-21-13/h1-7,9H,8H2,(H,15,16). The average molecular weight is 297 g/mol. The number of nitrogens with zero attached hydrogens (tertiary/aromatic N) is 4. The first-order valence-electron chi connectivity index (χ1n) is 6.43. The summed E-state index contributed by atoms with van der Waals surface area (Å²) in [6.45, 7) is 0.512. The molecule has 1 aromatic carbocycles. The zero-order valence-electron chi connectivity index (χ0n) is 10.9. The van der Waals surface area contributed by atoms with E-state index in [0.717, 1.165) is 21.8 Å². The van der Waals surface area contributed by atoms with E-state index in [1.54, 1.807) is 16.0 Å². The lowest BCUT2D eigenvalue weighted by Crippen LogP contribution is -1.99. The molecule has 0 bridgehead atoms. The monoisotopic (exact) mass is 297 g/mol. The summed E-state index contributed by atoms with van der Waals surface area (Å²) >= 11 is 1.62. The second-order valence-corrected chi connectivity index (χ2v) is 5.37. The van der Waals surface area contributed by atoms with Gasteiger partial charge in [-0.15, -0.1) is 16.4 Å². The number of aromatic nitrogens is 4. The molecule has 0 radical (unpaired) electrons. The minimum Gasteiger partial charge on any atom is -0.424 e.